The lowest BCUT2D eigenvalue weighted by molar-refractivity contribution is -0.131. The number of amides is 1. The number of carbonyl (C=O) groups is 1. The lowest BCUT2D eigenvalue weighted by Crippen LogP contribution is -2.36. The molecule has 0 aliphatic carbocycles. The van der Waals surface area contributed by atoms with Gasteiger partial charge in [-0.3, -0.25) is 9.69 Å². The lowest BCUT2D eigenvalue weighted by Gasteiger charge is -2.29. The van der Waals surface area contributed by atoms with Crippen molar-refractivity contribution in [2.75, 3.05) is 26.2 Å². The summed E-state index contributed by atoms with van der Waals surface area (Å²) in [5.74, 6) is 0.281. The molecule has 1 aliphatic rings. The van der Waals surface area contributed by atoms with Crippen LogP contribution in [0, 0.1) is 0 Å². The van der Waals surface area contributed by atoms with Crippen molar-refractivity contribution in [2.45, 2.75) is 33.2 Å². The second-order valence-corrected chi connectivity index (χ2v) is 5.11. The predicted octanol–water partition coefficient (Wildman–Crippen LogP) is 2.30. The van der Waals surface area contributed by atoms with Crippen molar-refractivity contribution in [3.63, 3.8) is 0 Å². The zero-order valence-electron chi connectivity index (χ0n) is 12.1. The number of nitrogens with zero attached hydrogens (tertiary/aromatic N) is 2. The molecule has 1 amide bonds. The Labute approximate surface area is 116 Å². The van der Waals surface area contributed by atoms with Crippen LogP contribution in [-0.4, -0.2) is 41.9 Å². The van der Waals surface area contributed by atoms with Gasteiger partial charge in [-0.05, 0) is 31.4 Å². The molecule has 1 aliphatic heterocycles. The molecule has 2 rings (SSSR count). The van der Waals surface area contributed by atoms with Crippen molar-refractivity contribution in [3.8, 4) is 0 Å². The summed E-state index contributed by atoms with van der Waals surface area (Å²) >= 11 is 0. The molecule has 1 aromatic carbocycles. The number of carbonyl (C=O) groups excluding carboxylic acids is 1. The van der Waals surface area contributed by atoms with E-state index in [2.05, 4.69) is 29.2 Å². The highest BCUT2D eigenvalue weighted by atomic mass is 16.2. The molecular weight excluding hydrogens is 236 g/mol. The van der Waals surface area contributed by atoms with E-state index in [1.165, 1.54) is 11.1 Å². The van der Waals surface area contributed by atoms with E-state index in [0.29, 0.717) is 6.42 Å². The van der Waals surface area contributed by atoms with Gasteiger partial charge < -0.3 is 4.90 Å². The van der Waals surface area contributed by atoms with Gasteiger partial charge >= 0.3 is 0 Å². The molecular formula is C16H24N2O. The van der Waals surface area contributed by atoms with E-state index in [1.807, 2.05) is 18.7 Å². The summed E-state index contributed by atoms with van der Waals surface area (Å²) in [5.41, 5.74) is 2.89. The molecule has 0 radical (unpaired) electrons. The van der Waals surface area contributed by atoms with Crippen LogP contribution >= 0.6 is 0 Å². The first-order valence-electron chi connectivity index (χ1n) is 7.31. The topological polar surface area (TPSA) is 23.6 Å². The van der Waals surface area contributed by atoms with Gasteiger partial charge in [0.2, 0.25) is 5.91 Å². The molecule has 104 valence electrons. The fourth-order valence-corrected chi connectivity index (χ4v) is 2.73. The molecule has 0 bridgehead atoms. The van der Waals surface area contributed by atoms with Crippen molar-refractivity contribution < 1.29 is 4.79 Å². The van der Waals surface area contributed by atoms with Gasteiger partial charge in [0.1, 0.15) is 0 Å². The van der Waals surface area contributed by atoms with Gasteiger partial charge in [-0.15, -0.1) is 0 Å². The zero-order chi connectivity index (χ0) is 13.7. The third-order valence-electron chi connectivity index (χ3n) is 3.97. The standard InChI is InChI=1S/C16H24N2O/c1-3-18(4-2)16(19)10-12-17-11-9-14-7-5-6-8-15(14)13-17/h5-8H,3-4,9-13H2,1-2H3. The van der Waals surface area contributed by atoms with Gasteiger partial charge in [0.15, 0.2) is 0 Å². The average molecular weight is 260 g/mol. The van der Waals surface area contributed by atoms with Crippen LogP contribution in [0.25, 0.3) is 0 Å². The summed E-state index contributed by atoms with van der Waals surface area (Å²) in [6.07, 6.45) is 1.75. The summed E-state index contributed by atoms with van der Waals surface area (Å²) in [6.45, 7) is 8.65. The molecule has 0 saturated heterocycles. The van der Waals surface area contributed by atoms with E-state index in [9.17, 15) is 4.79 Å². The third kappa shape index (κ3) is 3.57. The van der Waals surface area contributed by atoms with Crippen LogP contribution in [0.5, 0.6) is 0 Å². The molecule has 0 spiro atoms. The molecule has 19 heavy (non-hydrogen) atoms. The van der Waals surface area contributed by atoms with E-state index < -0.39 is 0 Å². The maximum atomic E-state index is 12.0. The Kier molecular flexibility index (Phi) is 4.97. The first-order chi connectivity index (χ1) is 9.24. The molecule has 1 aromatic rings. The Morgan fingerprint density at radius 3 is 2.58 bits per heavy atom. The van der Waals surface area contributed by atoms with Crippen LogP contribution in [-0.2, 0) is 17.8 Å². The van der Waals surface area contributed by atoms with Crippen LogP contribution in [0.3, 0.4) is 0 Å². The number of fused-ring (bicyclic) bond motifs is 1. The van der Waals surface area contributed by atoms with Gasteiger partial charge in [0.05, 0.1) is 0 Å². The summed E-state index contributed by atoms with van der Waals surface area (Å²) in [7, 11) is 0. The second kappa shape index (κ2) is 6.71. The minimum absolute atomic E-state index is 0.281. The Morgan fingerprint density at radius 1 is 1.21 bits per heavy atom. The molecule has 0 N–H and O–H groups in total. The van der Waals surface area contributed by atoms with E-state index in [1.54, 1.807) is 0 Å². The van der Waals surface area contributed by atoms with E-state index in [0.717, 1.165) is 39.1 Å². The number of benzene rings is 1. The van der Waals surface area contributed by atoms with Crippen molar-refractivity contribution in [1.29, 1.82) is 0 Å². The molecule has 0 unspecified atom stereocenters. The minimum atomic E-state index is 0.281. The SMILES string of the molecule is CCN(CC)C(=O)CCN1CCc2ccccc2C1. The first-order valence-corrected chi connectivity index (χ1v) is 7.31. The van der Waals surface area contributed by atoms with Crippen molar-refractivity contribution in [1.82, 2.24) is 9.80 Å². The molecule has 3 heteroatoms. The summed E-state index contributed by atoms with van der Waals surface area (Å²) in [4.78, 5) is 16.3. The summed E-state index contributed by atoms with van der Waals surface area (Å²) < 4.78 is 0. The Balaban J connectivity index is 1.84. The monoisotopic (exact) mass is 260 g/mol. The van der Waals surface area contributed by atoms with Gasteiger partial charge in [-0.25, -0.2) is 0 Å². The quantitative estimate of drug-likeness (QED) is 0.811. The van der Waals surface area contributed by atoms with Gasteiger partial charge in [0.25, 0.3) is 0 Å². The van der Waals surface area contributed by atoms with E-state index in [4.69, 9.17) is 0 Å². The highest BCUT2D eigenvalue weighted by Crippen LogP contribution is 2.18. The van der Waals surface area contributed by atoms with Crippen LogP contribution < -0.4 is 0 Å². The molecule has 0 aromatic heterocycles. The van der Waals surface area contributed by atoms with Crippen molar-refractivity contribution >= 4 is 5.91 Å². The smallest absolute Gasteiger partial charge is 0.223 e. The molecule has 1 heterocycles. The lowest BCUT2D eigenvalue weighted by atomic mass is 10.00. The number of hydrogen-bond donors (Lipinski definition) is 0. The van der Waals surface area contributed by atoms with E-state index in [-0.39, 0.29) is 5.91 Å². The molecule has 0 atom stereocenters. The predicted molar refractivity (Wildman–Crippen MR) is 78.0 cm³/mol. The first kappa shape index (κ1) is 14.1. The van der Waals surface area contributed by atoms with Gasteiger partial charge in [-0.2, -0.15) is 0 Å². The largest absolute Gasteiger partial charge is 0.343 e. The Bertz CT molecular complexity index is 427. The minimum Gasteiger partial charge on any atom is -0.343 e. The Hall–Kier alpha value is -1.35. The fourth-order valence-electron chi connectivity index (χ4n) is 2.73. The third-order valence-corrected chi connectivity index (χ3v) is 3.97. The van der Waals surface area contributed by atoms with Crippen LogP contribution in [0.4, 0.5) is 0 Å². The molecule has 0 saturated carbocycles. The van der Waals surface area contributed by atoms with Crippen LogP contribution in [0.15, 0.2) is 24.3 Å². The molecule has 0 fully saturated rings. The van der Waals surface area contributed by atoms with Gasteiger partial charge in [-0.1, -0.05) is 24.3 Å². The zero-order valence-corrected chi connectivity index (χ0v) is 12.1. The maximum Gasteiger partial charge on any atom is 0.223 e. The Morgan fingerprint density at radius 2 is 1.89 bits per heavy atom. The number of hydrogen-bond acceptors (Lipinski definition) is 2. The average Bonchev–Trinajstić information content (AvgIpc) is 2.46. The van der Waals surface area contributed by atoms with Crippen LogP contribution in [0.2, 0.25) is 0 Å². The normalized spacial score (nSPS) is 15.1. The van der Waals surface area contributed by atoms with Gasteiger partial charge in [0, 0.05) is 39.1 Å². The second-order valence-electron chi connectivity index (χ2n) is 5.11. The molecule has 3 nitrogen and oxygen atoms in total. The van der Waals surface area contributed by atoms with Crippen molar-refractivity contribution in [3.05, 3.63) is 35.4 Å². The highest BCUT2D eigenvalue weighted by Gasteiger charge is 2.17. The van der Waals surface area contributed by atoms with Crippen molar-refractivity contribution in [2.24, 2.45) is 0 Å². The van der Waals surface area contributed by atoms with Crippen LogP contribution in [0.1, 0.15) is 31.4 Å². The maximum absolute atomic E-state index is 12.0. The number of rotatable bonds is 5. The summed E-state index contributed by atoms with van der Waals surface area (Å²) in [5, 5.41) is 0. The highest BCUT2D eigenvalue weighted by molar-refractivity contribution is 5.76. The fraction of sp³-hybridized carbons (Fsp3) is 0.562. The summed E-state index contributed by atoms with van der Waals surface area (Å²) in [6, 6.07) is 8.63. The van der Waals surface area contributed by atoms with E-state index >= 15 is 0 Å².